The lowest BCUT2D eigenvalue weighted by atomic mass is 10.1. The SMILES string of the molecule is CC(NC(=O)c1ccccc1OCC(N)=O)c1ccc(C#N)cc1. The van der Waals surface area contributed by atoms with Gasteiger partial charge < -0.3 is 15.8 Å². The van der Waals surface area contributed by atoms with Gasteiger partial charge in [-0.1, -0.05) is 24.3 Å². The van der Waals surface area contributed by atoms with Crippen LogP contribution in [-0.2, 0) is 4.79 Å². The van der Waals surface area contributed by atoms with Gasteiger partial charge in [-0.15, -0.1) is 0 Å². The molecule has 2 aromatic rings. The molecule has 0 radical (unpaired) electrons. The average Bonchev–Trinajstić information content (AvgIpc) is 2.60. The molecule has 0 aliphatic heterocycles. The number of nitrogens with two attached hydrogens (primary N) is 1. The normalized spacial score (nSPS) is 11.2. The molecule has 0 saturated heterocycles. The Kier molecular flexibility index (Phi) is 5.53. The fraction of sp³-hybridized carbons (Fsp3) is 0.167. The van der Waals surface area contributed by atoms with Gasteiger partial charge in [0.15, 0.2) is 6.61 Å². The maximum absolute atomic E-state index is 12.5. The average molecular weight is 323 g/mol. The molecule has 0 aliphatic rings. The summed E-state index contributed by atoms with van der Waals surface area (Å²) >= 11 is 0. The lowest BCUT2D eigenvalue weighted by molar-refractivity contribution is -0.119. The number of para-hydroxylation sites is 1. The van der Waals surface area contributed by atoms with Gasteiger partial charge in [0, 0.05) is 0 Å². The smallest absolute Gasteiger partial charge is 0.255 e. The van der Waals surface area contributed by atoms with Gasteiger partial charge in [-0.3, -0.25) is 9.59 Å². The zero-order chi connectivity index (χ0) is 17.5. The highest BCUT2D eigenvalue weighted by Gasteiger charge is 2.16. The van der Waals surface area contributed by atoms with Crippen LogP contribution in [0.3, 0.4) is 0 Å². The summed E-state index contributed by atoms with van der Waals surface area (Å²) in [4.78, 5) is 23.3. The summed E-state index contributed by atoms with van der Waals surface area (Å²) in [6.07, 6.45) is 0. The molecule has 0 bridgehead atoms. The first-order chi connectivity index (χ1) is 11.5. The number of hydrogen-bond acceptors (Lipinski definition) is 4. The fourth-order valence-corrected chi connectivity index (χ4v) is 2.13. The van der Waals surface area contributed by atoms with E-state index in [1.165, 1.54) is 0 Å². The van der Waals surface area contributed by atoms with Crippen LogP contribution in [0.1, 0.15) is 34.5 Å². The first kappa shape index (κ1) is 17.0. The van der Waals surface area contributed by atoms with E-state index in [-0.39, 0.29) is 18.6 Å². The summed E-state index contributed by atoms with van der Waals surface area (Å²) in [6, 6.07) is 15.4. The summed E-state index contributed by atoms with van der Waals surface area (Å²) < 4.78 is 5.27. The molecule has 3 N–H and O–H groups in total. The second-order valence-electron chi connectivity index (χ2n) is 5.18. The number of ether oxygens (including phenoxy) is 1. The molecule has 2 rings (SSSR count). The van der Waals surface area contributed by atoms with Crippen molar-refractivity contribution in [1.29, 1.82) is 5.26 Å². The van der Waals surface area contributed by atoms with Crippen LogP contribution in [0.5, 0.6) is 5.75 Å². The molecule has 1 atom stereocenters. The van der Waals surface area contributed by atoms with Crippen molar-refractivity contribution in [2.24, 2.45) is 5.73 Å². The molecule has 2 aromatic carbocycles. The van der Waals surface area contributed by atoms with Crippen LogP contribution in [0, 0.1) is 11.3 Å². The Morgan fingerprint density at radius 3 is 2.50 bits per heavy atom. The maximum atomic E-state index is 12.5. The number of rotatable bonds is 6. The van der Waals surface area contributed by atoms with Gasteiger partial charge in [0.25, 0.3) is 11.8 Å². The largest absolute Gasteiger partial charge is 0.483 e. The van der Waals surface area contributed by atoms with Crippen LogP contribution < -0.4 is 15.8 Å². The molecule has 1 unspecified atom stereocenters. The highest BCUT2D eigenvalue weighted by Crippen LogP contribution is 2.20. The minimum absolute atomic E-state index is 0.255. The Balaban J connectivity index is 2.11. The molecular formula is C18H17N3O3. The molecule has 0 aliphatic carbocycles. The van der Waals surface area contributed by atoms with Crippen LogP contribution in [0.2, 0.25) is 0 Å². The van der Waals surface area contributed by atoms with Crippen molar-refractivity contribution in [3.63, 3.8) is 0 Å². The van der Waals surface area contributed by atoms with Gasteiger partial charge >= 0.3 is 0 Å². The Morgan fingerprint density at radius 2 is 1.88 bits per heavy atom. The quantitative estimate of drug-likeness (QED) is 0.847. The van der Waals surface area contributed by atoms with Crippen LogP contribution in [0.25, 0.3) is 0 Å². The van der Waals surface area contributed by atoms with Gasteiger partial charge in [-0.05, 0) is 36.8 Å². The number of nitrogens with zero attached hydrogens (tertiary/aromatic N) is 1. The Hall–Kier alpha value is -3.33. The molecule has 6 heteroatoms. The molecule has 122 valence electrons. The van der Waals surface area contributed by atoms with E-state index in [9.17, 15) is 9.59 Å². The number of amides is 2. The van der Waals surface area contributed by atoms with Crippen LogP contribution in [0.4, 0.5) is 0 Å². The van der Waals surface area contributed by atoms with E-state index < -0.39 is 5.91 Å². The summed E-state index contributed by atoms with van der Waals surface area (Å²) in [5, 5.41) is 11.7. The van der Waals surface area contributed by atoms with Gasteiger partial charge in [0.05, 0.1) is 23.2 Å². The van der Waals surface area contributed by atoms with Crippen molar-refractivity contribution in [3.8, 4) is 11.8 Å². The second-order valence-corrected chi connectivity index (χ2v) is 5.18. The van der Waals surface area contributed by atoms with E-state index in [1.54, 1.807) is 48.5 Å². The molecular weight excluding hydrogens is 306 g/mol. The number of benzene rings is 2. The third kappa shape index (κ3) is 4.34. The second kappa shape index (κ2) is 7.79. The van der Waals surface area contributed by atoms with Crippen molar-refractivity contribution in [2.75, 3.05) is 6.61 Å². The van der Waals surface area contributed by atoms with E-state index in [2.05, 4.69) is 5.32 Å². The number of primary amides is 1. The Labute approximate surface area is 139 Å². The number of hydrogen-bond donors (Lipinski definition) is 2. The van der Waals surface area contributed by atoms with Crippen LogP contribution in [-0.4, -0.2) is 18.4 Å². The predicted molar refractivity (Wildman–Crippen MR) is 88.2 cm³/mol. The van der Waals surface area contributed by atoms with E-state index in [0.29, 0.717) is 16.9 Å². The van der Waals surface area contributed by atoms with Gasteiger partial charge in [0.2, 0.25) is 0 Å². The zero-order valence-corrected chi connectivity index (χ0v) is 13.2. The molecule has 0 saturated carbocycles. The van der Waals surface area contributed by atoms with Gasteiger partial charge in [-0.25, -0.2) is 0 Å². The van der Waals surface area contributed by atoms with Crippen molar-refractivity contribution in [3.05, 3.63) is 65.2 Å². The number of carbonyl (C=O) groups excluding carboxylic acids is 2. The number of nitriles is 1. The van der Waals surface area contributed by atoms with Crippen molar-refractivity contribution >= 4 is 11.8 Å². The highest BCUT2D eigenvalue weighted by atomic mass is 16.5. The Morgan fingerprint density at radius 1 is 1.21 bits per heavy atom. The standard InChI is InChI=1S/C18H17N3O3/c1-12(14-8-6-13(10-19)7-9-14)21-18(23)15-4-2-3-5-16(15)24-11-17(20)22/h2-9,12H,11H2,1H3,(H2,20,22)(H,21,23). The summed E-state index contributed by atoms with van der Waals surface area (Å²) in [5.74, 6) is -0.649. The van der Waals surface area contributed by atoms with E-state index >= 15 is 0 Å². The third-order valence-electron chi connectivity index (χ3n) is 3.39. The molecule has 24 heavy (non-hydrogen) atoms. The molecule has 2 amide bonds. The van der Waals surface area contributed by atoms with Crippen LogP contribution in [0.15, 0.2) is 48.5 Å². The molecule has 0 aromatic heterocycles. The monoisotopic (exact) mass is 323 g/mol. The maximum Gasteiger partial charge on any atom is 0.255 e. The number of carbonyl (C=O) groups is 2. The van der Waals surface area contributed by atoms with E-state index in [1.807, 2.05) is 13.0 Å². The Bertz CT molecular complexity index is 779. The van der Waals surface area contributed by atoms with Gasteiger partial charge in [0.1, 0.15) is 5.75 Å². The van der Waals surface area contributed by atoms with E-state index in [0.717, 1.165) is 5.56 Å². The predicted octanol–water partition coefficient (Wildman–Crippen LogP) is 1.91. The molecule has 6 nitrogen and oxygen atoms in total. The van der Waals surface area contributed by atoms with Crippen molar-refractivity contribution in [2.45, 2.75) is 13.0 Å². The summed E-state index contributed by atoms with van der Waals surface area (Å²) in [7, 11) is 0. The first-order valence-corrected chi connectivity index (χ1v) is 7.32. The van der Waals surface area contributed by atoms with Crippen molar-refractivity contribution < 1.29 is 14.3 Å². The van der Waals surface area contributed by atoms with Gasteiger partial charge in [-0.2, -0.15) is 5.26 Å². The molecule has 0 heterocycles. The minimum Gasteiger partial charge on any atom is -0.483 e. The number of nitrogens with one attached hydrogen (secondary N) is 1. The minimum atomic E-state index is -0.615. The van der Waals surface area contributed by atoms with Crippen molar-refractivity contribution in [1.82, 2.24) is 5.32 Å². The first-order valence-electron chi connectivity index (χ1n) is 7.32. The molecule has 0 fully saturated rings. The highest BCUT2D eigenvalue weighted by molar-refractivity contribution is 5.97. The van der Waals surface area contributed by atoms with Crippen LogP contribution >= 0.6 is 0 Å². The fourth-order valence-electron chi connectivity index (χ4n) is 2.13. The molecule has 0 spiro atoms. The summed E-state index contributed by atoms with van der Waals surface area (Å²) in [6.45, 7) is 1.54. The van der Waals surface area contributed by atoms with E-state index in [4.69, 9.17) is 15.7 Å². The third-order valence-corrected chi connectivity index (χ3v) is 3.39. The lowest BCUT2D eigenvalue weighted by Gasteiger charge is -2.16. The lowest BCUT2D eigenvalue weighted by Crippen LogP contribution is -2.27. The topological polar surface area (TPSA) is 105 Å². The summed E-state index contributed by atoms with van der Waals surface area (Å²) in [5.41, 5.74) is 6.81. The zero-order valence-electron chi connectivity index (χ0n) is 13.2.